The SMILES string of the molecule is CCCCNC(=O)c1cnc(-c2cccc(Cl)c2)nc1N. The van der Waals surface area contributed by atoms with Crippen LogP contribution in [0, 0.1) is 0 Å². The average Bonchev–Trinajstić information content (AvgIpc) is 2.47. The molecule has 2 aromatic rings. The van der Waals surface area contributed by atoms with Crippen molar-refractivity contribution in [2.24, 2.45) is 0 Å². The smallest absolute Gasteiger partial charge is 0.256 e. The van der Waals surface area contributed by atoms with Gasteiger partial charge in [0.2, 0.25) is 0 Å². The normalized spacial score (nSPS) is 10.4. The highest BCUT2D eigenvalue weighted by Gasteiger charge is 2.13. The Kier molecular flexibility index (Phi) is 5.11. The Morgan fingerprint density at radius 3 is 2.90 bits per heavy atom. The third kappa shape index (κ3) is 3.92. The van der Waals surface area contributed by atoms with Gasteiger partial charge in [0.25, 0.3) is 5.91 Å². The molecule has 0 unspecified atom stereocenters. The predicted molar refractivity (Wildman–Crippen MR) is 84.1 cm³/mol. The maximum atomic E-state index is 12.0. The number of carbonyl (C=O) groups excluding carboxylic acids is 1. The number of anilines is 1. The van der Waals surface area contributed by atoms with E-state index in [1.54, 1.807) is 12.1 Å². The molecule has 0 saturated heterocycles. The molecular formula is C15H17ClN4O. The van der Waals surface area contributed by atoms with Crippen molar-refractivity contribution < 1.29 is 4.79 Å². The summed E-state index contributed by atoms with van der Waals surface area (Å²) < 4.78 is 0. The molecule has 0 bridgehead atoms. The van der Waals surface area contributed by atoms with E-state index in [-0.39, 0.29) is 17.3 Å². The number of hydrogen-bond donors (Lipinski definition) is 2. The van der Waals surface area contributed by atoms with Crippen LogP contribution in [0.1, 0.15) is 30.1 Å². The van der Waals surface area contributed by atoms with Crippen molar-refractivity contribution in [1.82, 2.24) is 15.3 Å². The molecule has 1 aromatic carbocycles. The summed E-state index contributed by atoms with van der Waals surface area (Å²) in [5.41, 5.74) is 6.90. The number of rotatable bonds is 5. The van der Waals surface area contributed by atoms with Gasteiger partial charge in [-0.2, -0.15) is 0 Å². The molecule has 0 atom stereocenters. The number of hydrogen-bond acceptors (Lipinski definition) is 4. The molecule has 3 N–H and O–H groups in total. The Labute approximate surface area is 128 Å². The monoisotopic (exact) mass is 304 g/mol. The van der Waals surface area contributed by atoms with Crippen LogP contribution in [0.25, 0.3) is 11.4 Å². The Morgan fingerprint density at radius 1 is 1.43 bits per heavy atom. The van der Waals surface area contributed by atoms with Crippen molar-refractivity contribution >= 4 is 23.3 Å². The Bertz CT molecular complexity index is 645. The topological polar surface area (TPSA) is 80.9 Å². The first-order valence-electron chi connectivity index (χ1n) is 6.78. The maximum absolute atomic E-state index is 12.0. The van der Waals surface area contributed by atoms with E-state index in [2.05, 4.69) is 22.2 Å². The number of unbranched alkanes of at least 4 members (excludes halogenated alkanes) is 1. The Hall–Kier alpha value is -2.14. The largest absolute Gasteiger partial charge is 0.383 e. The minimum atomic E-state index is -0.251. The first-order chi connectivity index (χ1) is 10.1. The van der Waals surface area contributed by atoms with Crippen LogP contribution in [0.4, 0.5) is 5.82 Å². The van der Waals surface area contributed by atoms with Gasteiger partial charge < -0.3 is 11.1 Å². The van der Waals surface area contributed by atoms with Crippen LogP contribution in [0.15, 0.2) is 30.5 Å². The van der Waals surface area contributed by atoms with Gasteiger partial charge in [-0.25, -0.2) is 9.97 Å². The van der Waals surface area contributed by atoms with E-state index in [4.69, 9.17) is 17.3 Å². The second-order valence-corrected chi connectivity index (χ2v) is 5.05. The maximum Gasteiger partial charge on any atom is 0.256 e. The lowest BCUT2D eigenvalue weighted by Gasteiger charge is -2.08. The summed E-state index contributed by atoms with van der Waals surface area (Å²) in [7, 11) is 0. The fourth-order valence-corrected chi connectivity index (χ4v) is 2.00. The fourth-order valence-electron chi connectivity index (χ4n) is 1.81. The van der Waals surface area contributed by atoms with Crippen molar-refractivity contribution in [1.29, 1.82) is 0 Å². The number of nitrogens with zero attached hydrogens (tertiary/aromatic N) is 2. The van der Waals surface area contributed by atoms with E-state index in [0.29, 0.717) is 17.4 Å². The highest BCUT2D eigenvalue weighted by Crippen LogP contribution is 2.21. The summed E-state index contributed by atoms with van der Waals surface area (Å²) >= 11 is 5.94. The quantitative estimate of drug-likeness (QED) is 0.832. The molecule has 110 valence electrons. The molecule has 0 aliphatic heterocycles. The zero-order valence-electron chi connectivity index (χ0n) is 11.8. The van der Waals surface area contributed by atoms with Crippen LogP contribution in [0.2, 0.25) is 5.02 Å². The fraction of sp³-hybridized carbons (Fsp3) is 0.267. The third-order valence-corrected chi connectivity index (χ3v) is 3.20. The number of amides is 1. The highest BCUT2D eigenvalue weighted by molar-refractivity contribution is 6.30. The van der Waals surface area contributed by atoms with Crippen molar-refractivity contribution in [3.63, 3.8) is 0 Å². The lowest BCUT2D eigenvalue weighted by Crippen LogP contribution is -2.25. The van der Waals surface area contributed by atoms with E-state index < -0.39 is 0 Å². The molecule has 0 radical (unpaired) electrons. The van der Waals surface area contributed by atoms with Crippen molar-refractivity contribution in [2.75, 3.05) is 12.3 Å². The molecule has 1 heterocycles. The van der Waals surface area contributed by atoms with E-state index >= 15 is 0 Å². The standard InChI is InChI=1S/C15H17ClN4O/c1-2-3-7-18-15(21)12-9-19-14(20-13(12)17)10-5-4-6-11(16)8-10/h4-6,8-9H,2-3,7H2,1H3,(H,18,21)(H2,17,19,20). The van der Waals surface area contributed by atoms with E-state index in [9.17, 15) is 4.79 Å². The number of benzene rings is 1. The minimum absolute atomic E-state index is 0.161. The van der Waals surface area contributed by atoms with Crippen LogP contribution < -0.4 is 11.1 Å². The number of halogens is 1. The zero-order chi connectivity index (χ0) is 15.2. The number of nitrogens with two attached hydrogens (primary N) is 1. The summed E-state index contributed by atoms with van der Waals surface area (Å²) in [6.07, 6.45) is 3.38. The molecule has 0 aliphatic rings. The van der Waals surface area contributed by atoms with Gasteiger partial charge in [-0.3, -0.25) is 4.79 Å². The van der Waals surface area contributed by atoms with E-state index in [1.165, 1.54) is 6.20 Å². The molecule has 5 nitrogen and oxygen atoms in total. The number of nitrogen functional groups attached to an aromatic ring is 1. The van der Waals surface area contributed by atoms with Crippen molar-refractivity contribution in [3.05, 3.63) is 41.0 Å². The van der Waals surface area contributed by atoms with Crippen molar-refractivity contribution in [3.8, 4) is 11.4 Å². The first-order valence-corrected chi connectivity index (χ1v) is 7.16. The summed E-state index contributed by atoms with van der Waals surface area (Å²) in [4.78, 5) is 20.3. The van der Waals surface area contributed by atoms with Gasteiger partial charge in [0, 0.05) is 23.3 Å². The van der Waals surface area contributed by atoms with Gasteiger partial charge >= 0.3 is 0 Å². The second kappa shape index (κ2) is 7.04. The van der Waals surface area contributed by atoms with Crippen LogP contribution >= 0.6 is 11.6 Å². The summed E-state index contributed by atoms with van der Waals surface area (Å²) in [5.74, 6) is 0.354. The summed E-state index contributed by atoms with van der Waals surface area (Å²) in [6, 6.07) is 7.16. The van der Waals surface area contributed by atoms with Gasteiger partial charge in [0.15, 0.2) is 5.82 Å². The van der Waals surface area contributed by atoms with Gasteiger partial charge in [-0.1, -0.05) is 37.1 Å². The summed E-state index contributed by atoms with van der Waals surface area (Å²) in [6.45, 7) is 2.67. The van der Waals surface area contributed by atoms with E-state index in [1.807, 2.05) is 12.1 Å². The molecule has 6 heteroatoms. The Morgan fingerprint density at radius 2 is 2.24 bits per heavy atom. The zero-order valence-corrected chi connectivity index (χ0v) is 12.5. The lowest BCUT2D eigenvalue weighted by atomic mass is 10.2. The van der Waals surface area contributed by atoms with Crippen LogP contribution in [0.5, 0.6) is 0 Å². The lowest BCUT2D eigenvalue weighted by molar-refractivity contribution is 0.0953. The molecule has 0 fully saturated rings. The minimum Gasteiger partial charge on any atom is -0.383 e. The van der Waals surface area contributed by atoms with Gasteiger partial charge in [-0.05, 0) is 18.6 Å². The van der Waals surface area contributed by atoms with Gasteiger partial charge in [0.1, 0.15) is 5.82 Å². The first kappa shape index (κ1) is 15.3. The van der Waals surface area contributed by atoms with Crippen LogP contribution in [-0.4, -0.2) is 22.4 Å². The molecule has 0 aliphatic carbocycles. The molecule has 21 heavy (non-hydrogen) atoms. The molecular weight excluding hydrogens is 288 g/mol. The number of aromatic nitrogens is 2. The predicted octanol–water partition coefficient (Wildman–Crippen LogP) is 2.91. The highest BCUT2D eigenvalue weighted by atomic mass is 35.5. The molecule has 1 aromatic heterocycles. The Balaban J connectivity index is 2.19. The molecule has 0 saturated carbocycles. The average molecular weight is 305 g/mol. The number of carbonyl (C=O) groups is 1. The summed E-state index contributed by atoms with van der Waals surface area (Å²) in [5, 5.41) is 3.38. The van der Waals surface area contributed by atoms with Gasteiger partial charge in [0.05, 0.1) is 5.56 Å². The third-order valence-electron chi connectivity index (χ3n) is 2.96. The molecule has 2 rings (SSSR count). The van der Waals surface area contributed by atoms with E-state index in [0.717, 1.165) is 18.4 Å². The van der Waals surface area contributed by atoms with Gasteiger partial charge in [-0.15, -0.1) is 0 Å². The van der Waals surface area contributed by atoms with Crippen molar-refractivity contribution in [2.45, 2.75) is 19.8 Å². The molecule has 0 spiro atoms. The number of nitrogens with one attached hydrogen (secondary N) is 1. The molecule has 1 amide bonds. The van der Waals surface area contributed by atoms with Crippen LogP contribution in [-0.2, 0) is 0 Å². The van der Waals surface area contributed by atoms with Crippen LogP contribution in [0.3, 0.4) is 0 Å². The second-order valence-electron chi connectivity index (χ2n) is 4.61.